The van der Waals surface area contributed by atoms with E-state index < -0.39 is 29.4 Å². The number of alkyl halides is 2. The van der Waals surface area contributed by atoms with Gasteiger partial charge in [-0.05, 0) is 26.3 Å². The zero-order valence-electron chi connectivity index (χ0n) is 21.4. The second-order valence-corrected chi connectivity index (χ2v) is 9.51. The van der Waals surface area contributed by atoms with Crippen molar-refractivity contribution in [1.82, 2.24) is 19.4 Å². The molecule has 0 bridgehead atoms. The second kappa shape index (κ2) is 10.1. The molecule has 1 amide bonds. The third kappa shape index (κ3) is 4.68. The lowest BCUT2D eigenvalue weighted by Gasteiger charge is -2.44. The van der Waals surface area contributed by atoms with Gasteiger partial charge >= 0.3 is 0 Å². The van der Waals surface area contributed by atoms with Crippen LogP contribution in [0.15, 0.2) is 35.4 Å². The number of amides is 1. The van der Waals surface area contributed by atoms with Crippen LogP contribution in [-0.2, 0) is 22.2 Å². The van der Waals surface area contributed by atoms with E-state index in [0.717, 1.165) is 6.07 Å². The highest BCUT2D eigenvalue weighted by Crippen LogP contribution is 2.39. The standard InChI is InChI=1S/C26H30F3N5O3/c1-14-12-26(37-5,9-10-34(14)16(3)35)20-11-19-23(30-13-31-24(19)33(4)25(20)36)32-15(2)17-7-6-8-18(21(17)27)22(28)29/h6-8,11,13-15,22H,9-10,12H2,1-5H3,(H,30,31,32)/t14-,15-,26-/m1/s1. The molecule has 1 fully saturated rings. The van der Waals surface area contributed by atoms with Crippen molar-refractivity contribution in [3.8, 4) is 0 Å². The number of halogens is 3. The predicted octanol–water partition coefficient (Wildman–Crippen LogP) is 4.45. The van der Waals surface area contributed by atoms with Crippen LogP contribution in [-0.4, -0.2) is 45.0 Å². The topological polar surface area (TPSA) is 89.3 Å². The van der Waals surface area contributed by atoms with Crippen LogP contribution < -0.4 is 10.9 Å². The highest BCUT2D eigenvalue weighted by molar-refractivity contribution is 5.87. The van der Waals surface area contributed by atoms with E-state index in [-0.39, 0.29) is 23.1 Å². The molecule has 4 rings (SSSR count). The van der Waals surface area contributed by atoms with Crippen LogP contribution in [0.4, 0.5) is 19.0 Å². The van der Waals surface area contributed by atoms with Crippen LogP contribution >= 0.6 is 0 Å². The first-order valence-corrected chi connectivity index (χ1v) is 12.0. The minimum absolute atomic E-state index is 0.0411. The molecule has 0 aliphatic carbocycles. The number of piperidine rings is 1. The Hall–Kier alpha value is -3.47. The first-order chi connectivity index (χ1) is 17.5. The van der Waals surface area contributed by atoms with Gasteiger partial charge in [0.25, 0.3) is 12.0 Å². The number of likely N-dealkylation sites (tertiary alicyclic amines) is 1. The van der Waals surface area contributed by atoms with Crippen LogP contribution in [0.3, 0.4) is 0 Å². The Morgan fingerprint density at radius 1 is 1.27 bits per heavy atom. The van der Waals surface area contributed by atoms with Crippen molar-refractivity contribution >= 4 is 22.8 Å². The van der Waals surface area contributed by atoms with Crippen molar-refractivity contribution in [3.05, 3.63) is 63.5 Å². The van der Waals surface area contributed by atoms with E-state index in [0.29, 0.717) is 41.8 Å². The molecule has 1 N–H and O–H groups in total. The smallest absolute Gasteiger partial charge is 0.266 e. The molecule has 1 aliphatic heterocycles. The molecule has 11 heteroatoms. The summed E-state index contributed by atoms with van der Waals surface area (Å²) in [5, 5.41) is 3.60. The molecule has 2 aromatic heterocycles. The number of fused-ring (bicyclic) bond motifs is 1. The molecule has 8 nitrogen and oxygen atoms in total. The van der Waals surface area contributed by atoms with Crippen molar-refractivity contribution in [1.29, 1.82) is 0 Å². The van der Waals surface area contributed by atoms with Gasteiger partial charge in [0.1, 0.15) is 29.2 Å². The van der Waals surface area contributed by atoms with Crippen LogP contribution in [0.1, 0.15) is 62.8 Å². The van der Waals surface area contributed by atoms with Gasteiger partial charge < -0.3 is 15.0 Å². The zero-order valence-corrected chi connectivity index (χ0v) is 21.4. The van der Waals surface area contributed by atoms with Gasteiger partial charge in [0.05, 0.1) is 22.6 Å². The van der Waals surface area contributed by atoms with Gasteiger partial charge in [0.2, 0.25) is 5.91 Å². The Morgan fingerprint density at radius 2 is 1.97 bits per heavy atom. The second-order valence-electron chi connectivity index (χ2n) is 9.51. The minimum Gasteiger partial charge on any atom is -0.373 e. The van der Waals surface area contributed by atoms with Crippen LogP contribution in [0.25, 0.3) is 11.0 Å². The maximum Gasteiger partial charge on any atom is 0.266 e. The Kier molecular flexibility index (Phi) is 7.27. The lowest BCUT2D eigenvalue weighted by atomic mass is 9.81. The van der Waals surface area contributed by atoms with Gasteiger partial charge in [-0.25, -0.2) is 23.1 Å². The molecule has 3 heterocycles. The number of carbonyl (C=O) groups is 1. The summed E-state index contributed by atoms with van der Waals surface area (Å²) in [7, 11) is 3.14. The summed E-state index contributed by atoms with van der Waals surface area (Å²) in [6.45, 7) is 5.50. The molecular weight excluding hydrogens is 487 g/mol. The third-order valence-corrected chi connectivity index (χ3v) is 7.32. The SMILES string of the molecule is CO[C@]1(c2cc3c(N[C@H](C)c4cccc(C(F)F)c4F)ncnc3n(C)c2=O)CCN(C(C)=O)[C@H](C)C1. The van der Waals surface area contributed by atoms with Crippen molar-refractivity contribution in [3.63, 3.8) is 0 Å². The van der Waals surface area contributed by atoms with Crippen molar-refractivity contribution in [2.24, 2.45) is 7.05 Å². The van der Waals surface area contributed by atoms with Gasteiger partial charge in [-0.3, -0.25) is 14.2 Å². The van der Waals surface area contributed by atoms with Crippen LogP contribution in [0.5, 0.6) is 0 Å². The summed E-state index contributed by atoms with van der Waals surface area (Å²) >= 11 is 0. The number of benzene rings is 1. The summed E-state index contributed by atoms with van der Waals surface area (Å²) in [4.78, 5) is 35.8. The molecule has 198 valence electrons. The largest absolute Gasteiger partial charge is 0.373 e. The maximum absolute atomic E-state index is 14.8. The summed E-state index contributed by atoms with van der Waals surface area (Å²) in [5.41, 5.74) is -1.08. The minimum atomic E-state index is -2.94. The van der Waals surface area contributed by atoms with Gasteiger partial charge in [-0.1, -0.05) is 18.2 Å². The number of rotatable bonds is 6. The Morgan fingerprint density at radius 3 is 2.59 bits per heavy atom. The number of nitrogens with zero attached hydrogens (tertiary/aromatic N) is 4. The Bertz CT molecular complexity index is 1400. The maximum atomic E-state index is 14.8. The number of pyridine rings is 1. The number of methoxy groups -OCH3 is 1. The molecule has 37 heavy (non-hydrogen) atoms. The fraction of sp³-hybridized carbons (Fsp3) is 0.462. The number of carbonyl (C=O) groups excluding carboxylic acids is 1. The average Bonchev–Trinajstić information content (AvgIpc) is 2.85. The number of hydrogen-bond donors (Lipinski definition) is 1. The quantitative estimate of drug-likeness (QED) is 0.520. The molecule has 0 unspecified atom stereocenters. The van der Waals surface area contributed by atoms with Crippen molar-refractivity contribution in [2.75, 3.05) is 19.0 Å². The Balaban J connectivity index is 1.79. The number of ether oxygens (including phenoxy) is 1. The fourth-order valence-corrected chi connectivity index (χ4v) is 5.28. The van der Waals surface area contributed by atoms with Gasteiger partial charge in [-0.15, -0.1) is 0 Å². The van der Waals surface area contributed by atoms with Gasteiger partial charge in [-0.2, -0.15) is 0 Å². The van der Waals surface area contributed by atoms with Gasteiger partial charge in [0.15, 0.2) is 0 Å². The molecule has 1 aromatic carbocycles. The number of nitrogens with one attached hydrogen (secondary N) is 1. The van der Waals surface area contributed by atoms with E-state index in [1.807, 2.05) is 6.92 Å². The van der Waals surface area contributed by atoms with E-state index in [1.54, 1.807) is 32.0 Å². The lowest BCUT2D eigenvalue weighted by molar-refractivity contribution is -0.140. The van der Waals surface area contributed by atoms with E-state index in [4.69, 9.17) is 4.74 Å². The first-order valence-electron chi connectivity index (χ1n) is 12.0. The molecule has 3 atom stereocenters. The molecule has 3 aromatic rings. The number of aryl methyl sites for hydroxylation is 1. The normalized spacial score (nSPS) is 20.9. The highest BCUT2D eigenvalue weighted by atomic mass is 19.3. The monoisotopic (exact) mass is 517 g/mol. The van der Waals surface area contributed by atoms with Crippen molar-refractivity contribution in [2.45, 2.75) is 57.7 Å². The van der Waals surface area contributed by atoms with E-state index in [9.17, 15) is 22.8 Å². The van der Waals surface area contributed by atoms with Crippen molar-refractivity contribution < 1.29 is 22.7 Å². The molecular formula is C26H30F3N5O3. The predicted molar refractivity (Wildman–Crippen MR) is 133 cm³/mol. The summed E-state index contributed by atoms with van der Waals surface area (Å²) in [6, 6.07) is 4.69. The molecule has 1 saturated heterocycles. The van der Waals surface area contributed by atoms with Crippen LogP contribution in [0, 0.1) is 5.82 Å². The third-order valence-electron chi connectivity index (χ3n) is 7.32. The van der Waals surface area contributed by atoms with E-state index in [1.165, 1.54) is 30.0 Å². The average molecular weight is 518 g/mol. The molecule has 0 radical (unpaired) electrons. The van der Waals surface area contributed by atoms with E-state index >= 15 is 0 Å². The zero-order chi connectivity index (χ0) is 27.1. The highest BCUT2D eigenvalue weighted by Gasteiger charge is 2.43. The van der Waals surface area contributed by atoms with Gasteiger partial charge in [0, 0.05) is 45.7 Å². The molecule has 0 spiro atoms. The lowest BCUT2D eigenvalue weighted by Crippen LogP contribution is -2.52. The summed E-state index contributed by atoms with van der Waals surface area (Å²) in [6.07, 6.45) is -0.817. The molecule has 0 saturated carbocycles. The number of hydrogen-bond acceptors (Lipinski definition) is 6. The van der Waals surface area contributed by atoms with Crippen LogP contribution in [0.2, 0.25) is 0 Å². The number of anilines is 1. The summed E-state index contributed by atoms with van der Waals surface area (Å²) in [5.74, 6) is -0.703. The first kappa shape index (κ1) is 26.6. The number of aromatic nitrogens is 3. The Labute approximate surface area is 212 Å². The van der Waals surface area contributed by atoms with E-state index in [2.05, 4.69) is 15.3 Å². The molecule has 1 aliphatic rings. The fourth-order valence-electron chi connectivity index (χ4n) is 5.28. The summed E-state index contributed by atoms with van der Waals surface area (Å²) < 4.78 is 48.6.